The molecule has 37 heavy (non-hydrogen) atoms. The fourth-order valence-electron chi connectivity index (χ4n) is 3.42. The predicted molar refractivity (Wildman–Crippen MR) is 135 cm³/mol. The molecule has 0 fully saturated rings. The maximum Gasteiger partial charge on any atom is 1.20 e. The molecule has 3 N–H and O–H groups in total. The Morgan fingerprint density at radius 3 is 1.00 bits per heavy atom. The van der Waals surface area contributed by atoms with Crippen LogP contribution < -0.4 is 0 Å². The lowest BCUT2D eigenvalue weighted by molar-refractivity contribution is 0.0407. The average Bonchev–Trinajstić information content (AvgIpc) is 2.84. The van der Waals surface area contributed by atoms with Gasteiger partial charge in [-0.25, -0.2) is 14.4 Å². The van der Waals surface area contributed by atoms with Crippen LogP contribution in [-0.4, -0.2) is 48.4 Å². The molecule has 0 spiro atoms. The molecular formula is C27H27AlO9. The Bertz CT molecular complexity index is 1240. The molecule has 0 bridgehead atoms. The highest BCUT2D eigenvalue weighted by molar-refractivity contribution is 6.46. The minimum atomic E-state index is -3.94. The highest BCUT2D eigenvalue weighted by atomic mass is 27.3. The second-order valence-corrected chi connectivity index (χ2v) is 10.00. The molecule has 3 aromatic carbocycles. The SMILES string of the molecule is Cc1ccc(C(=O)[O][Al]([O]C(=O)c2ccc(C)c(C)c2O)[O]C(=O)c2ccc(C)c(C)c2O)c(O)c1C. The molecule has 3 aromatic rings. The average molecular weight is 522 g/mol. The van der Waals surface area contributed by atoms with Crippen molar-refractivity contribution in [2.24, 2.45) is 0 Å². The maximum absolute atomic E-state index is 12.9. The van der Waals surface area contributed by atoms with E-state index in [1.807, 2.05) is 0 Å². The zero-order chi connectivity index (χ0) is 27.6. The first kappa shape index (κ1) is 27.6. The zero-order valence-electron chi connectivity index (χ0n) is 21.3. The smallest absolute Gasteiger partial charge is 0.547 e. The number of benzene rings is 3. The van der Waals surface area contributed by atoms with Crippen molar-refractivity contribution in [1.29, 1.82) is 0 Å². The van der Waals surface area contributed by atoms with Crippen LogP contribution in [0.5, 0.6) is 17.2 Å². The Morgan fingerprint density at radius 1 is 0.514 bits per heavy atom. The van der Waals surface area contributed by atoms with Gasteiger partial charge in [0.25, 0.3) is 0 Å². The first-order chi connectivity index (χ1) is 17.3. The number of carbonyl (C=O) groups is 3. The molecule has 0 aliphatic heterocycles. The molecule has 10 heteroatoms. The van der Waals surface area contributed by atoms with Gasteiger partial charge in [0.2, 0.25) is 0 Å². The van der Waals surface area contributed by atoms with E-state index in [0.717, 1.165) is 16.7 Å². The molecule has 0 unspecified atom stereocenters. The van der Waals surface area contributed by atoms with Crippen LogP contribution in [0.3, 0.4) is 0 Å². The number of rotatable bonds is 6. The van der Waals surface area contributed by atoms with Gasteiger partial charge in [-0.2, -0.15) is 0 Å². The molecular weight excluding hydrogens is 495 g/mol. The van der Waals surface area contributed by atoms with Gasteiger partial charge in [0.15, 0.2) is 0 Å². The Hall–Kier alpha value is -4.00. The van der Waals surface area contributed by atoms with Gasteiger partial charge >= 0.3 is 33.1 Å². The molecule has 0 heterocycles. The van der Waals surface area contributed by atoms with E-state index in [-0.39, 0.29) is 33.9 Å². The van der Waals surface area contributed by atoms with Gasteiger partial charge in [-0.3, -0.25) is 0 Å². The lowest BCUT2D eigenvalue weighted by Crippen LogP contribution is -2.35. The van der Waals surface area contributed by atoms with Crippen molar-refractivity contribution >= 4 is 33.1 Å². The monoisotopic (exact) mass is 522 g/mol. The van der Waals surface area contributed by atoms with Gasteiger partial charge < -0.3 is 26.7 Å². The van der Waals surface area contributed by atoms with Gasteiger partial charge in [0, 0.05) is 0 Å². The fraction of sp³-hybridized carbons (Fsp3) is 0.222. The Balaban J connectivity index is 1.94. The number of hydrogen-bond acceptors (Lipinski definition) is 9. The molecule has 0 atom stereocenters. The number of phenolic OH excluding ortho intramolecular Hbond substituents is 3. The van der Waals surface area contributed by atoms with E-state index >= 15 is 0 Å². The first-order valence-electron chi connectivity index (χ1n) is 11.3. The molecule has 0 radical (unpaired) electrons. The van der Waals surface area contributed by atoms with Gasteiger partial charge in [0.1, 0.15) is 17.2 Å². The van der Waals surface area contributed by atoms with Crippen LogP contribution in [-0.2, 0) is 11.4 Å². The summed E-state index contributed by atoms with van der Waals surface area (Å²) in [6.45, 7) is 10.1. The van der Waals surface area contributed by atoms with E-state index in [0.29, 0.717) is 16.7 Å². The van der Waals surface area contributed by atoms with Crippen LogP contribution in [0.15, 0.2) is 36.4 Å². The van der Waals surface area contributed by atoms with Crippen LogP contribution >= 0.6 is 0 Å². The van der Waals surface area contributed by atoms with Crippen molar-refractivity contribution in [1.82, 2.24) is 0 Å². The van der Waals surface area contributed by atoms with Crippen LogP contribution in [0.4, 0.5) is 0 Å². The highest BCUT2D eigenvalue weighted by Gasteiger charge is 2.50. The summed E-state index contributed by atoms with van der Waals surface area (Å²) >= 11 is -3.94. The van der Waals surface area contributed by atoms with Gasteiger partial charge in [-0.1, -0.05) is 18.2 Å². The quantitative estimate of drug-likeness (QED) is 0.399. The fourth-order valence-corrected chi connectivity index (χ4v) is 4.47. The van der Waals surface area contributed by atoms with Gasteiger partial charge in [0.05, 0.1) is 16.7 Å². The molecule has 0 saturated carbocycles. The second-order valence-electron chi connectivity index (χ2n) is 8.72. The number of carbonyl (C=O) groups excluding carboxylic acids is 3. The topological polar surface area (TPSA) is 140 Å². The van der Waals surface area contributed by atoms with Crippen molar-refractivity contribution in [3.63, 3.8) is 0 Å². The van der Waals surface area contributed by atoms with Crippen molar-refractivity contribution in [3.8, 4) is 17.2 Å². The minimum absolute atomic E-state index is 0.212. The maximum atomic E-state index is 12.9. The van der Waals surface area contributed by atoms with Crippen LogP contribution in [0.25, 0.3) is 0 Å². The molecule has 192 valence electrons. The van der Waals surface area contributed by atoms with Crippen LogP contribution in [0, 0.1) is 41.5 Å². The van der Waals surface area contributed by atoms with Crippen LogP contribution in [0.1, 0.15) is 64.5 Å². The van der Waals surface area contributed by atoms with Crippen molar-refractivity contribution in [2.75, 3.05) is 0 Å². The Labute approximate surface area is 219 Å². The van der Waals surface area contributed by atoms with Crippen molar-refractivity contribution < 1.29 is 41.1 Å². The summed E-state index contributed by atoms with van der Waals surface area (Å²) in [7, 11) is 0. The second kappa shape index (κ2) is 10.9. The van der Waals surface area contributed by atoms with E-state index in [9.17, 15) is 29.7 Å². The zero-order valence-corrected chi connectivity index (χ0v) is 22.5. The number of aromatic hydroxyl groups is 3. The van der Waals surface area contributed by atoms with E-state index in [1.165, 1.54) is 18.2 Å². The molecule has 9 nitrogen and oxygen atoms in total. The molecule has 0 amide bonds. The number of hydrogen-bond donors (Lipinski definition) is 3. The number of phenols is 3. The summed E-state index contributed by atoms with van der Waals surface area (Å²) in [4.78, 5) is 38.6. The number of aryl methyl sites for hydroxylation is 3. The van der Waals surface area contributed by atoms with Gasteiger partial charge in [-0.15, -0.1) is 0 Å². The van der Waals surface area contributed by atoms with Crippen molar-refractivity contribution in [3.05, 3.63) is 86.5 Å². The van der Waals surface area contributed by atoms with E-state index in [1.54, 1.807) is 59.7 Å². The molecule has 3 rings (SSSR count). The van der Waals surface area contributed by atoms with Gasteiger partial charge in [-0.05, 0) is 93.1 Å². The first-order valence-corrected chi connectivity index (χ1v) is 12.7. The highest BCUT2D eigenvalue weighted by Crippen LogP contribution is 2.29. The Morgan fingerprint density at radius 2 is 0.757 bits per heavy atom. The van der Waals surface area contributed by atoms with E-state index in [2.05, 4.69) is 0 Å². The summed E-state index contributed by atoms with van der Waals surface area (Å²) in [6, 6.07) is 8.79. The lowest BCUT2D eigenvalue weighted by Gasteiger charge is -2.16. The minimum Gasteiger partial charge on any atom is -0.547 e. The lowest BCUT2D eigenvalue weighted by atomic mass is 10.0. The third-order valence-corrected chi connectivity index (χ3v) is 7.59. The summed E-state index contributed by atoms with van der Waals surface area (Å²) in [6.07, 6.45) is 0. The molecule has 0 aliphatic carbocycles. The molecule has 0 aliphatic rings. The molecule has 0 aromatic heterocycles. The van der Waals surface area contributed by atoms with E-state index in [4.69, 9.17) is 11.4 Å². The predicted octanol–water partition coefficient (Wildman–Crippen LogP) is 4.51. The standard InChI is InChI=1S/3C9H10O3.Al/c3*1-5-3-4-7(9(11)12)8(10)6(5)2;/h3*3-4,10H,1-2H3,(H,11,12);/q;;;+3/p-3. The van der Waals surface area contributed by atoms with Crippen molar-refractivity contribution in [2.45, 2.75) is 41.5 Å². The molecule has 0 saturated heterocycles. The summed E-state index contributed by atoms with van der Waals surface area (Å²) in [5.74, 6) is -4.21. The van der Waals surface area contributed by atoms with E-state index < -0.39 is 33.1 Å². The summed E-state index contributed by atoms with van der Waals surface area (Å²) in [5.41, 5.74) is 2.90. The summed E-state index contributed by atoms with van der Waals surface area (Å²) < 4.78 is 15.8. The Kier molecular flexibility index (Phi) is 8.16. The normalized spacial score (nSPS) is 10.5. The summed E-state index contributed by atoms with van der Waals surface area (Å²) in [5, 5.41) is 31.2. The van der Waals surface area contributed by atoms with Crippen LogP contribution in [0.2, 0.25) is 0 Å². The third-order valence-electron chi connectivity index (χ3n) is 6.38. The largest absolute Gasteiger partial charge is 1.20 e. The third kappa shape index (κ3) is 5.71.